The zero-order chi connectivity index (χ0) is 21.8. The molecule has 158 valence electrons. The molecule has 1 aliphatic heterocycles. The first-order valence-electron chi connectivity index (χ1n) is 10.1. The fraction of sp³-hybridized carbons (Fsp3) is 0.261. The maximum Gasteiger partial charge on any atom is 0.267 e. The van der Waals surface area contributed by atoms with E-state index in [4.69, 9.17) is 0 Å². The van der Waals surface area contributed by atoms with Gasteiger partial charge in [-0.3, -0.25) is 19.4 Å². The molecule has 31 heavy (non-hydrogen) atoms. The van der Waals surface area contributed by atoms with Crippen molar-refractivity contribution in [1.82, 2.24) is 19.7 Å². The highest BCUT2D eigenvalue weighted by atomic mass is 16.2. The first-order chi connectivity index (χ1) is 15.0. The van der Waals surface area contributed by atoms with Crippen LogP contribution in [0.2, 0.25) is 0 Å². The van der Waals surface area contributed by atoms with E-state index in [1.54, 1.807) is 42.4 Å². The van der Waals surface area contributed by atoms with E-state index >= 15 is 0 Å². The van der Waals surface area contributed by atoms with Crippen LogP contribution in [0.1, 0.15) is 17.3 Å². The van der Waals surface area contributed by atoms with Gasteiger partial charge in [-0.1, -0.05) is 0 Å². The van der Waals surface area contributed by atoms with Crippen molar-refractivity contribution in [2.45, 2.75) is 13.5 Å². The normalized spacial score (nSPS) is 13.8. The van der Waals surface area contributed by atoms with Gasteiger partial charge in [-0.05, 0) is 49.4 Å². The van der Waals surface area contributed by atoms with Gasteiger partial charge < -0.3 is 9.80 Å². The number of hydrogen-bond donors (Lipinski definition) is 0. The number of hydrogen-bond acceptors (Lipinski definition) is 6. The van der Waals surface area contributed by atoms with Gasteiger partial charge in [0.05, 0.1) is 5.69 Å². The first kappa shape index (κ1) is 20.5. The zero-order valence-electron chi connectivity index (χ0n) is 17.3. The number of carbonyl (C=O) groups is 2. The molecule has 2 aromatic heterocycles. The fourth-order valence-corrected chi connectivity index (χ4v) is 3.59. The summed E-state index contributed by atoms with van der Waals surface area (Å²) in [7, 11) is 0. The Morgan fingerprint density at radius 3 is 2.23 bits per heavy atom. The van der Waals surface area contributed by atoms with E-state index in [1.807, 2.05) is 24.3 Å². The molecule has 1 aliphatic rings. The van der Waals surface area contributed by atoms with Gasteiger partial charge in [0.2, 0.25) is 5.91 Å². The van der Waals surface area contributed by atoms with E-state index < -0.39 is 0 Å². The molecule has 0 spiro atoms. The molecule has 1 aromatic carbocycles. The summed E-state index contributed by atoms with van der Waals surface area (Å²) in [4.78, 5) is 44.4. The Morgan fingerprint density at radius 2 is 1.58 bits per heavy atom. The summed E-state index contributed by atoms with van der Waals surface area (Å²) in [6, 6.07) is 14.2. The molecule has 1 fully saturated rings. The molecule has 0 saturated carbocycles. The minimum absolute atomic E-state index is 0.0406. The smallest absolute Gasteiger partial charge is 0.267 e. The number of piperazine rings is 1. The fourth-order valence-electron chi connectivity index (χ4n) is 3.59. The number of rotatable bonds is 5. The minimum atomic E-state index is -0.310. The average molecular weight is 417 g/mol. The van der Waals surface area contributed by atoms with Crippen molar-refractivity contribution in [2.24, 2.45) is 0 Å². The van der Waals surface area contributed by atoms with Crippen molar-refractivity contribution in [1.29, 1.82) is 0 Å². The number of amides is 1. The number of nitrogens with zero attached hydrogens (tertiary/aromatic N) is 5. The SMILES string of the molecule is CC(=O)c1ccc(N2CCN(C(=O)Cn3nc(-c4ccncc4)ccc3=O)CC2)cc1. The van der Waals surface area contributed by atoms with Crippen molar-refractivity contribution in [2.75, 3.05) is 31.1 Å². The van der Waals surface area contributed by atoms with Crippen molar-refractivity contribution >= 4 is 17.4 Å². The third-order valence-electron chi connectivity index (χ3n) is 5.40. The molecule has 0 N–H and O–H groups in total. The Labute approximate surface area is 179 Å². The van der Waals surface area contributed by atoms with Gasteiger partial charge in [-0.25, -0.2) is 4.68 Å². The van der Waals surface area contributed by atoms with Crippen LogP contribution in [0, 0.1) is 0 Å². The second-order valence-electron chi connectivity index (χ2n) is 7.42. The Hall–Kier alpha value is -3.81. The molecule has 8 nitrogen and oxygen atoms in total. The van der Waals surface area contributed by atoms with Crippen LogP contribution in [0.25, 0.3) is 11.3 Å². The van der Waals surface area contributed by atoms with Crippen molar-refractivity contribution < 1.29 is 9.59 Å². The number of pyridine rings is 1. The minimum Gasteiger partial charge on any atom is -0.368 e. The molecule has 1 saturated heterocycles. The van der Waals surface area contributed by atoms with Gasteiger partial charge in [0.1, 0.15) is 6.54 Å². The lowest BCUT2D eigenvalue weighted by Gasteiger charge is -2.36. The van der Waals surface area contributed by atoms with Crippen LogP contribution in [-0.2, 0) is 11.3 Å². The summed E-state index contributed by atoms with van der Waals surface area (Å²) >= 11 is 0. The molecule has 4 rings (SSSR count). The Balaban J connectivity index is 1.39. The second kappa shape index (κ2) is 8.91. The molecule has 3 aromatic rings. The summed E-state index contributed by atoms with van der Waals surface area (Å²) in [6.45, 7) is 3.95. The van der Waals surface area contributed by atoms with Crippen LogP contribution in [0.4, 0.5) is 5.69 Å². The van der Waals surface area contributed by atoms with E-state index in [2.05, 4.69) is 15.0 Å². The van der Waals surface area contributed by atoms with Gasteiger partial charge in [0.15, 0.2) is 5.78 Å². The van der Waals surface area contributed by atoms with Crippen LogP contribution in [0.5, 0.6) is 0 Å². The number of ketones is 1. The topological polar surface area (TPSA) is 88.4 Å². The van der Waals surface area contributed by atoms with Gasteiger partial charge in [0.25, 0.3) is 5.56 Å². The first-order valence-corrected chi connectivity index (χ1v) is 10.1. The Kier molecular flexibility index (Phi) is 5.88. The highest BCUT2D eigenvalue weighted by Gasteiger charge is 2.22. The molecule has 0 radical (unpaired) electrons. The number of benzene rings is 1. The summed E-state index contributed by atoms with van der Waals surface area (Å²) in [6.07, 6.45) is 3.31. The lowest BCUT2D eigenvalue weighted by atomic mass is 10.1. The summed E-state index contributed by atoms with van der Waals surface area (Å²) < 4.78 is 1.21. The molecule has 0 atom stereocenters. The molecule has 3 heterocycles. The zero-order valence-corrected chi connectivity index (χ0v) is 17.3. The summed E-state index contributed by atoms with van der Waals surface area (Å²) in [5.74, 6) is -0.0909. The van der Waals surface area contributed by atoms with Crippen LogP contribution in [-0.4, -0.2) is 57.5 Å². The predicted molar refractivity (Wildman–Crippen MR) is 117 cm³/mol. The standard InChI is InChI=1S/C23H23N5O3/c1-17(29)18-2-4-20(5-3-18)26-12-14-27(15-13-26)23(31)16-28-22(30)7-6-21(25-28)19-8-10-24-11-9-19/h2-11H,12-16H2,1H3. The third kappa shape index (κ3) is 4.69. The second-order valence-corrected chi connectivity index (χ2v) is 7.42. The van der Waals surface area contributed by atoms with Crippen LogP contribution < -0.4 is 10.5 Å². The van der Waals surface area contributed by atoms with E-state index in [-0.39, 0.29) is 23.8 Å². The van der Waals surface area contributed by atoms with Gasteiger partial charge in [0, 0.05) is 61.5 Å². The van der Waals surface area contributed by atoms with E-state index in [0.29, 0.717) is 37.4 Å². The highest BCUT2D eigenvalue weighted by Crippen LogP contribution is 2.18. The lowest BCUT2D eigenvalue weighted by Crippen LogP contribution is -2.50. The van der Waals surface area contributed by atoms with E-state index in [0.717, 1.165) is 11.3 Å². The monoisotopic (exact) mass is 417 g/mol. The summed E-state index contributed by atoms with van der Waals surface area (Å²) in [5, 5.41) is 4.35. The molecule has 0 bridgehead atoms. The van der Waals surface area contributed by atoms with Crippen LogP contribution >= 0.6 is 0 Å². The third-order valence-corrected chi connectivity index (χ3v) is 5.40. The Bertz CT molecular complexity index is 1130. The molecule has 0 aliphatic carbocycles. The molecular weight excluding hydrogens is 394 g/mol. The maximum absolute atomic E-state index is 12.8. The highest BCUT2D eigenvalue weighted by molar-refractivity contribution is 5.94. The van der Waals surface area contributed by atoms with E-state index in [9.17, 15) is 14.4 Å². The number of Topliss-reactive ketones (excluding diaryl/α,β-unsaturated/α-hetero) is 1. The molecule has 0 unspecified atom stereocenters. The van der Waals surface area contributed by atoms with Crippen molar-refractivity contribution in [3.8, 4) is 11.3 Å². The van der Waals surface area contributed by atoms with Gasteiger partial charge in [-0.2, -0.15) is 5.10 Å². The molecule has 8 heteroatoms. The Morgan fingerprint density at radius 1 is 0.903 bits per heavy atom. The van der Waals surface area contributed by atoms with Crippen LogP contribution in [0.15, 0.2) is 65.7 Å². The molecular formula is C23H23N5O3. The average Bonchev–Trinajstić information content (AvgIpc) is 2.81. The predicted octanol–water partition coefficient (Wildman–Crippen LogP) is 1.86. The van der Waals surface area contributed by atoms with Gasteiger partial charge >= 0.3 is 0 Å². The van der Waals surface area contributed by atoms with Crippen LogP contribution in [0.3, 0.4) is 0 Å². The molecule has 1 amide bonds. The largest absolute Gasteiger partial charge is 0.368 e. The number of aromatic nitrogens is 3. The number of carbonyl (C=O) groups excluding carboxylic acids is 2. The quantitative estimate of drug-likeness (QED) is 0.589. The van der Waals surface area contributed by atoms with Crippen molar-refractivity contribution in [3.05, 3.63) is 76.8 Å². The van der Waals surface area contributed by atoms with Crippen molar-refractivity contribution in [3.63, 3.8) is 0 Å². The van der Waals surface area contributed by atoms with Gasteiger partial charge in [-0.15, -0.1) is 0 Å². The van der Waals surface area contributed by atoms with E-state index in [1.165, 1.54) is 10.7 Å². The number of anilines is 1. The summed E-state index contributed by atoms with van der Waals surface area (Å²) in [5.41, 5.74) is 2.86. The maximum atomic E-state index is 12.8. The lowest BCUT2D eigenvalue weighted by molar-refractivity contribution is -0.132.